The number of rotatable bonds is 8. The lowest BCUT2D eigenvalue weighted by atomic mass is 10.1. The summed E-state index contributed by atoms with van der Waals surface area (Å²) < 4.78 is 2.54. The zero-order valence-corrected chi connectivity index (χ0v) is 20.4. The summed E-state index contributed by atoms with van der Waals surface area (Å²) in [7, 11) is 0. The van der Waals surface area contributed by atoms with Crippen molar-refractivity contribution < 1.29 is 4.79 Å². The zero-order chi connectivity index (χ0) is 23.9. The second-order valence-electron chi connectivity index (χ2n) is 7.44. The topological polar surface area (TPSA) is 107 Å². The predicted octanol–water partition coefficient (Wildman–Crippen LogP) is 5.70. The van der Waals surface area contributed by atoms with Gasteiger partial charge >= 0.3 is 6.03 Å². The van der Waals surface area contributed by atoms with E-state index in [1.165, 1.54) is 0 Å². The van der Waals surface area contributed by atoms with Crippen LogP contribution in [0.1, 0.15) is 18.4 Å². The van der Waals surface area contributed by atoms with Gasteiger partial charge in [-0.3, -0.25) is 0 Å². The first-order valence-electron chi connectivity index (χ1n) is 10.6. The second-order valence-corrected chi connectivity index (χ2v) is 8.70. The lowest BCUT2D eigenvalue weighted by Crippen LogP contribution is -2.29. The monoisotopic (exact) mass is 537 g/mol. The fourth-order valence-electron chi connectivity index (χ4n) is 3.34. The molecule has 0 fully saturated rings. The average Bonchev–Trinajstić information content (AvgIpc) is 3.22. The van der Waals surface area contributed by atoms with Gasteiger partial charge in [-0.15, -0.1) is 0 Å². The van der Waals surface area contributed by atoms with Crippen molar-refractivity contribution in [2.75, 3.05) is 23.7 Å². The van der Waals surface area contributed by atoms with Gasteiger partial charge in [0, 0.05) is 35.4 Å². The molecule has 3 N–H and O–H groups in total. The summed E-state index contributed by atoms with van der Waals surface area (Å²) in [6.45, 7) is 1.23. The van der Waals surface area contributed by atoms with Gasteiger partial charge < -0.3 is 16.0 Å². The predicted molar refractivity (Wildman–Crippen MR) is 137 cm³/mol. The molecule has 0 spiro atoms. The summed E-state index contributed by atoms with van der Waals surface area (Å²) in [6.07, 6.45) is 3.34. The highest BCUT2D eigenvalue weighted by Gasteiger charge is 2.13. The molecule has 0 saturated carbocycles. The highest BCUT2D eigenvalue weighted by atomic mass is 79.9. The SMILES string of the molecule is N#Cc1ccc(NC(=O)NCCCCNc2cc(-c3ccccc3Cl)nc3c(Br)cnn23)cc1. The molecule has 0 aliphatic carbocycles. The van der Waals surface area contributed by atoms with E-state index in [9.17, 15) is 4.79 Å². The number of benzene rings is 2. The molecule has 0 aliphatic heterocycles. The van der Waals surface area contributed by atoms with E-state index < -0.39 is 0 Å². The molecule has 4 rings (SSSR count). The summed E-state index contributed by atoms with van der Waals surface area (Å²) in [4.78, 5) is 16.7. The first-order chi connectivity index (χ1) is 16.5. The third-order valence-electron chi connectivity index (χ3n) is 5.05. The van der Waals surface area contributed by atoms with E-state index in [2.05, 4.69) is 37.0 Å². The molecule has 0 aliphatic rings. The van der Waals surface area contributed by atoms with Crippen LogP contribution in [0.5, 0.6) is 0 Å². The number of carbonyl (C=O) groups is 1. The maximum atomic E-state index is 12.0. The molecule has 172 valence electrons. The van der Waals surface area contributed by atoms with Crippen molar-refractivity contribution >= 4 is 50.7 Å². The number of hydrogen-bond acceptors (Lipinski definition) is 5. The molecule has 0 radical (unpaired) electrons. The average molecular weight is 539 g/mol. The molecule has 2 aromatic carbocycles. The number of aromatic nitrogens is 3. The molecule has 0 bridgehead atoms. The third kappa shape index (κ3) is 5.65. The Morgan fingerprint density at radius 3 is 2.65 bits per heavy atom. The van der Waals surface area contributed by atoms with Crippen LogP contribution in [0, 0.1) is 11.3 Å². The highest BCUT2D eigenvalue weighted by molar-refractivity contribution is 9.10. The van der Waals surface area contributed by atoms with Crippen LogP contribution in [0.2, 0.25) is 5.02 Å². The molecule has 8 nitrogen and oxygen atoms in total. The van der Waals surface area contributed by atoms with E-state index >= 15 is 0 Å². The smallest absolute Gasteiger partial charge is 0.319 e. The zero-order valence-electron chi connectivity index (χ0n) is 18.1. The van der Waals surface area contributed by atoms with Gasteiger partial charge in [0.2, 0.25) is 0 Å². The molecular formula is C24H21BrClN7O. The van der Waals surface area contributed by atoms with Crippen LogP contribution < -0.4 is 16.0 Å². The van der Waals surface area contributed by atoms with Gasteiger partial charge in [0.15, 0.2) is 5.65 Å². The first-order valence-corrected chi connectivity index (χ1v) is 11.8. The van der Waals surface area contributed by atoms with Crippen molar-refractivity contribution in [2.24, 2.45) is 0 Å². The van der Waals surface area contributed by atoms with Crippen molar-refractivity contribution in [1.82, 2.24) is 19.9 Å². The van der Waals surface area contributed by atoms with E-state index in [-0.39, 0.29) is 6.03 Å². The number of nitriles is 1. The van der Waals surface area contributed by atoms with Crippen LogP contribution in [0.3, 0.4) is 0 Å². The summed E-state index contributed by atoms with van der Waals surface area (Å²) in [6, 6.07) is 18.0. The van der Waals surface area contributed by atoms with Crippen LogP contribution in [0.25, 0.3) is 16.9 Å². The lowest BCUT2D eigenvalue weighted by molar-refractivity contribution is 0.252. The largest absolute Gasteiger partial charge is 0.370 e. The molecule has 0 saturated heterocycles. The number of anilines is 2. The standard InChI is InChI=1S/C24H21BrClN7O/c25-19-15-30-33-22(13-21(32-23(19)33)18-5-1-2-6-20(18)26)28-11-3-4-12-29-24(34)31-17-9-7-16(14-27)8-10-17/h1-2,5-10,13,15,28H,3-4,11-12H2,(H2,29,31,34). The Labute approximate surface area is 210 Å². The minimum Gasteiger partial charge on any atom is -0.370 e. The van der Waals surface area contributed by atoms with Gasteiger partial charge in [0.1, 0.15) is 5.82 Å². The fraction of sp³-hybridized carbons (Fsp3) is 0.167. The Balaban J connectivity index is 1.30. The van der Waals surface area contributed by atoms with Gasteiger partial charge in [0.25, 0.3) is 0 Å². The van der Waals surface area contributed by atoms with E-state index in [0.717, 1.165) is 34.4 Å². The molecule has 2 heterocycles. The van der Waals surface area contributed by atoms with Crippen LogP contribution in [0.4, 0.5) is 16.3 Å². The Morgan fingerprint density at radius 2 is 1.88 bits per heavy atom. The first kappa shape index (κ1) is 23.5. The van der Waals surface area contributed by atoms with E-state index in [1.807, 2.05) is 36.4 Å². The van der Waals surface area contributed by atoms with Crippen LogP contribution >= 0.6 is 27.5 Å². The minimum absolute atomic E-state index is 0.278. The van der Waals surface area contributed by atoms with Gasteiger partial charge in [-0.1, -0.05) is 29.8 Å². The number of amides is 2. The summed E-state index contributed by atoms with van der Waals surface area (Å²) in [5.41, 5.74) is 3.48. The second kappa shape index (κ2) is 11.0. The number of nitrogens with one attached hydrogen (secondary N) is 3. The maximum Gasteiger partial charge on any atom is 0.319 e. The number of unbranched alkanes of at least 4 members (excludes halogenated alkanes) is 1. The molecule has 2 aromatic heterocycles. The number of hydrogen-bond donors (Lipinski definition) is 3. The molecule has 34 heavy (non-hydrogen) atoms. The lowest BCUT2D eigenvalue weighted by Gasteiger charge is -2.12. The fourth-order valence-corrected chi connectivity index (χ4v) is 3.92. The van der Waals surface area contributed by atoms with Crippen molar-refractivity contribution in [2.45, 2.75) is 12.8 Å². The normalized spacial score (nSPS) is 10.6. The molecular weight excluding hydrogens is 518 g/mol. The Kier molecular flexibility index (Phi) is 7.62. The number of urea groups is 1. The summed E-state index contributed by atoms with van der Waals surface area (Å²) in [5.74, 6) is 0.803. The van der Waals surface area contributed by atoms with Crippen molar-refractivity contribution in [3.8, 4) is 17.3 Å². The summed E-state index contributed by atoms with van der Waals surface area (Å²) >= 11 is 9.89. The van der Waals surface area contributed by atoms with Crippen LogP contribution in [-0.4, -0.2) is 33.7 Å². The van der Waals surface area contributed by atoms with Crippen molar-refractivity contribution in [1.29, 1.82) is 5.26 Å². The number of nitrogens with zero attached hydrogens (tertiary/aromatic N) is 4. The molecule has 0 atom stereocenters. The Morgan fingerprint density at radius 1 is 1.12 bits per heavy atom. The molecule has 4 aromatic rings. The number of fused-ring (bicyclic) bond motifs is 1. The molecule has 0 unspecified atom stereocenters. The van der Waals surface area contributed by atoms with Crippen LogP contribution in [-0.2, 0) is 0 Å². The number of carbonyl (C=O) groups excluding carboxylic acids is 1. The third-order valence-corrected chi connectivity index (χ3v) is 5.93. The van der Waals surface area contributed by atoms with E-state index in [4.69, 9.17) is 21.8 Å². The van der Waals surface area contributed by atoms with Crippen LogP contribution in [0.15, 0.2) is 65.3 Å². The Bertz CT molecular complexity index is 1350. The van der Waals surface area contributed by atoms with Gasteiger partial charge in [0.05, 0.1) is 28.0 Å². The van der Waals surface area contributed by atoms with Gasteiger partial charge in [-0.25, -0.2) is 9.78 Å². The van der Waals surface area contributed by atoms with Crippen molar-refractivity contribution in [3.63, 3.8) is 0 Å². The maximum absolute atomic E-state index is 12.0. The van der Waals surface area contributed by atoms with E-state index in [1.54, 1.807) is 35.0 Å². The summed E-state index contributed by atoms with van der Waals surface area (Å²) in [5, 5.41) is 22.9. The molecule has 10 heteroatoms. The molecule has 2 amide bonds. The van der Waals surface area contributed by atoms with Crippen molar-refractivity contribution in [3.05, 3.63) is 75.9 Å². The minimum atomic E-state index is -0.278. The Hall–Kier alpha value is -3.61. The van der Waals surface area contributed by atoms with Gasteiger partial charge in [-0.05, 0) is 59.1 Å². The quantitative estimate of drug-likeness (QED) is 0.250. The van der Waals surface area contributed by atoms with Gasteiger partial charge in [-0.2, -0.15) is 14.9 Å². The van der Waals surface area contributed by atoms with E-state index in [0.29, 0.717) is 35.0 Å². The highest BCUT2D eigenvalue weighted by Crippen LogP contribution is 2.30. The number of halogens is 2.